The molecule has 2 aromatic carbocycles. The van der Waals surface area contributed by atoms with Crippen LogP contribution in [0.1, 0.15) is 72.1 Å². The fourth-order valence-electron chi connectivity index (χ4n) is 5.40. The molecule has 1 aliphatic heterocycles. The molecule has 4 rings (SSSR count). The monoisotopic (exact) mass is 497 g/mol. The molecular weight excluding hydrogens is 458 g/mol. The van der Waals surface area contributed by atoms with Gasteiger partial charge in [0.05, 0.1) is 6.61 Å². The Labute approximate surface area is 215 Å². The molecule has 0 aromatic heterocycles. The average molecular weight is 498 g/mol. The summed E-state index contributed by atoms with van der Waals surface area (Å²) >= 11 is 5.97. The molecule has 0 bridgehead atoms. The van der Waals surface area contributed by atoms with Crippen LogP contribution in [0, 0.1) is 13.8 Å². The molecule has 190 valence electrons. The van der Waals surface area contributed by atoms with Crippen LogP contribution < -0.4 is 10.1 Å². The van der Waals surface area contributed by atoms with Crippen LogP contribution in [-0.4, -0.2) is 61.1 Å². The van der Waals surface area contributed by atoms with E-state index in [1.807, 2.05) is 17.0 Å². The van der Waals surface area contributed by atoms with Crippen LogP contribution in [0.5, 0.6) is 5.75 Å². The van der Waals surface area contributed by atoms with Crippen molar-refractivity contribution >= 4 is 17.5 Å². The van der Waals surface area contributed by atoms with Crippen molar-refractivity contribution in [2.75, 3.05) is 39.3 Å². The maximum absolute atomic E-state index is 12.8. The number of piperazine rings is 1. The molecule has 2 aliphatic rings. The van der Waals surface area contributed by atoms with Crippen LogP contribution in [0.3, 0.4) is 0 Å². The van der Waals surface area contributed by atoms with E-state index in [0.29, 0.717) is 16.6 Å². The number of halogens is 1. The predicted molar refractivity (Wildman–Crippen MR) is 144 cm³/mol. The number of nitrogens with zero attached hydrogens (tertiary/aromatic N) is 2. The van der Waals surface area contributed by atoms with Crippen LogP contribution in [0.15, 0.2) is 36.4 Å². The Balaban J connectivity index is 1.27. The van der Waals surface area contributed by atoms with Gasteiger partial charge in [-0.15, -0.1) is 0 Å². The first-order valence-corrected chi connectivity index (χ1v) is 13.6. The quantitative estimate of drug-likeness (QED) is 0.446. The zero-order valence-electron chi connectivity index (χ0n) is 21.5. The maximum Gasteiger partial charge on any atom is 0.253 e. The Morgan fingerprint density at radius 1 is 1.03 bits per heavy atom. The lowest BCUT2D eigenvalue weighted by Crippen LogP contribution is -2.49. The van der Waals surface area contributed by atoms with Gasteiger partial charge >= 0.3 is 0 Å². The summed E-state index contributed by atoms with van der Waals surface area (Å²) in [5, 5.41) is 4.31. The highest BCUT2D eigenvalue weighted by molar-refractivity contribution is 6.30. The molecule has 1 saturated carbocycles. The van der Waals surface area contributed by atoms with E-state index in [0.717, 1.165) is 57.5 Å². The van der Waals surface area contributed by atoms with Gasteiger partial charge in [-0.3, -0.25) is 9.69 Å². The first-order chi connectivity index (χ1) is 16.9. The van der Waals surface area contributed by atoms with Crippen molar-refractivity contribution in [1.29, 1.82) is 0 Å². The van der Waals surface area contributed by atoms with Gasteiger partial charge in [0.15, 0.2) is 0 Å². The molecule has 6 heteroatoms. The van der Waals surface area contributed by atoms with E-state index in [9.17, 15) is 4.79 Å². The number of carbonyl (C=O) groups excluding carboxylic acids is 1. The first-order valence-electron chi connectivity index (χ1n) is 13.2. The molecule has 1 N–H and O–H groups in total. The Morgan fingerprint density at radius 2 is 1.71 bits per heavy atom. The van der Waals surface area contributed by atoms with Gasteiger partial charge in [-0.2, -0.15) is 0 Å². The summed E-state index contributed by atoms with van der Waals surface area (Å²) in [4.78, 5) is 17.3. The van der Waals surface area contributed by atoms with Gasteiger partial charge in [0.25, 0.3) is 5.91 Å². The molecule has 1 aliphatic carbocycles. The van der Waals surface area contributed by atoms with Crippen molar-refractivity contribution < 1.29 is 9.53 Å². The molecule has 1 atom stereocenters. The lowest BCUT2D eigenvalue weighted by Gasteiger charge is -2.39. The number of ether oxygens (including phenoxy) is 1. The van der Waals surface area contributed by atoms with Crippen LogP contribution in [-0.2, 0) is 0 Å². The van der Waals surface area contributed by atoms with E-state index in [1.54, 1.807) is 12.1 Å². The zero-order chi connectivity index (χ0) is 24.8. The van der Waals surface area contributed by atoms with Gasteiger partial charge in [-0.1, -0.05) is 30.5 Å². The first kappa shape index (κ1) is 26.0. The Bertz CT molecular complexity index is 980. The molecule has 1 saturated heterocycles. The number of hydrogen-bond donors (Lipinski definition) is 1. The number of rotatable bonds is 9. The maximum atomic E-state index is 12.8. The second-order valence-corrected chi connectivity index (χ2v) is 10.5. The minimum absolute atomic E-state index is 0.0842. The topological polar surface area (TPSA) is 44.8 Å². The summed E-state index contributed by atoms with van der Waals surface area (Å²) in [6.07, 6.45) is 6.43. The third kappa shape index (κ3) is 6.58. The van der Waals surface area contributed by atoms with Gasteiger partial charge in [0.1, 0.15) is 5.75 Å². The molecule has 0 spiro atoms. The van der Waals surface area contributed by atoms with Crippen molar-refractivity contribution in [2.45, 2.75) is 65.0 Å². The zero-order valence-corrected chi connectivity index (χ0v) is 22.2. The predicted octanol–water partition coefficient (Wildman–Crippen LogP) is 5.78. The third-order valence-corrected chi connectivity index (χ3v) is 8.09. The molecule has 2 aromatic rings. The van der Waals surface area contributed by atoms with Gasteiger partial charge in [0.2, 0.25) is 0 Å². The van der Waals surface area contributed by atoms with E-state index in [1.165, 1.54) is 42.4 Å². The normalized spacial score (nSPS) is 18.1. The van der Waals surface area contributed by atoms with Crippen molar-refractivity contribution in [3.8, 4) is 5.75 Å². The fraction of sp³-hybridized carbons (Fsp3) is 0.552. The van der Waals surface area contributed by atoms with E-state index in [4.69, 9.17) is 16.3 Å². The molecular formula is C29H40ClN3O2. The lowest BCUT2D eigenvalue weighted by atomic mass is 9.96. The van der Waals surface area contributed by atoms with E-state index >= 15 is 0 Å². The van der Waals surface area contributed by atoms with Gasteiger partial charge < -0.3 is 15.0 Å². The molecule has 2 fully saturated rings. The fourth-order valence-corrected chi connectivity index (χ4v) is 5.53. The number of amides is 1. The number of carbonyl (C=O) groups is 1. The van der Waals surface area contributed by atoms with Crippen LogP contribution in [0.4, 0.5) is 0 Å². The van der Waals surface area contributed by atoms with Crippen LogP contribution in [0.2, 0.25) is 5.02 Å². The summed E-state index contributed by atoms with van der Waals surface area (Å²) in [5.74, 6) is 1.08. The minimum Gasteiger partial charge on any atom is -0.493 e. The molecule has 5 nitrogen and oxygen atoms in total. The van der Waals surface area contributed by atoms with Gasteiger partial charge in [-0.05, 0) is 93.6 Å². The number of hydrogen-bond acceptors (Lipinski definition) is 4. The van der Waals surface area contributed by atoms with Gasteiger partial charge in [-0.25, -0.2) is 0 Å². The lowest BCUT2D eigenvalue weighted by molar-refractivity contribution is 0.0581. The largest absolute Gasteiger partial charge is 0.493 e. The number of benzene rings is 2. The van der Waals surface area contributed by atoms with E-state index in [2.05, 4.69) is 43.1 Å². The third-order valence-electron chi connectivity index (χ3n) is 7.84. The van der Waals surface area contributed by atoms with Crippen molar-refractivity contribution in [1.82, 2.24) is 15.1 Å². The second-order valence-electron chi connectivity index (χ2n) is 10.1. The Morgan fingerprint density at radius 3 is 2.40 bits per heavy atom. The SMILES string of the molecule is Cc1c(OCCCNC2CCCC2)ccc(C(C)N2CCN(C(=O)c3ccc(Cl)cc3)CC2)c1C. The highest BCUT2D eigenvalue weighted by Crippen LogP contribution is 2.31. The standard InChI is InChI=1S/C29H40ClN3O2/c1-21-22(2)28(35-20-6-15-31-26-7-4-5-8-26)14-13-27(21)23(3)32-16-18-33(19-17-32)29(34)24-9-11-25(30)12-10-24/h9-14,23,26,31H,4-8,15-20H2,1-3H3. The van der Waals surface area contributed by atoms with E-state index in [-0.39, 0.29) is 5.91 Å². The summed E-state index contributed by atoms with van der Waals surface area (Å²) in [7, 11) is 0. The Kier molecular flexibility index (Phi) is 9.10. The summed E-state index contributed by atoms with van der Waals surface area (Å²) in [6.45, 7) is 11.6. The molecule has 1 amide bonds. The molecule has 1 unspecified atom stereocenters. The van der Waals surface area contributed by atoms with Crippen molar-refractivity contribution in [2.24, 2.45) is 0 Å². The molecule has 35 heavy (non-hydrogen) atoms. The Hall–Kier alpha value is -2.08. The van der Waals surface area contributed by atoms with Gasteiger partial charge in [0, 0.05) is 48.8 Å². The molecule has 1 heterocycles. The highest BCUT2D eigenvalue weighted by atomic mass is 35.5. The summed E-state index contributed by atoms with van der Waals surface area (Å²) in [5.41, 5.74) is 4.58. The minimum atomic E-state index is 0.0842. The smallest absolute Gasteiger partial charge is 0.253 e. The van der Waals surface area contributed by atoms with Crippen LogP contribution >= 0.6 is 11.6 Å². The van der Waals surface area contributed by atoms with Crippen molar-refractivity contribution in [3.63, 3.8) is 0 Å². The van der Waals surface area contributed by atoms with Crippen molar-refractivity contribution in [3.05, 3.63) is 63.7 Å². The second kappa shape index (κ2) is 12.2. The van der Waals surface area contributed by atoms with E-state index < -0.39 is 0 Å². The van der Waals surface area contributed by atoms with Crippen LogP contribution in [0.25, 0.3) is 0 Å². The summed E-state index contributed by atoms with van der Waals surface area (Å²) < 4.78 is 6.15. The number of nitrogens with one attached hydrogen (secondary N) is 1. The summed E-state index contributed by atoms with van der Waals surface area (Å²) in [6, 6.07) is 12.5. The highest BCUT2D eigenvalue weighted by Gasteiger charge is 2.26. The molecule has 0 radical (unpaired) electrons. The average Bonchev–Trinajstić information content (AvgIpc) is 3.40.